The minimum absolute atomic E-state index is 0. The molecule has 0 atom stereocenters. The highest BCUT2D eigenvalue weighted by atomic mass is 127. The molecule has 0 aliphatic carbocycles. The van der Waals surface area contributed by atoms with Crippen molar-refractivity contribution in [2.45, 2.75) is 0 Å². The van der Waals surface area contributed by atoms with Gasteiger partial charge in [-0.05, 0) is 12.1 Å². The molecule has 0 spiro atoms. The number of non-ortho nitro benzene ring substituents is 1. The predicted octanol–water partition coefficient (Wildman–Crippen LogP) is -1.35. The second-order valence-electron chi connectivity index (χ2n) is 3.89. The van der Waals surface area contributed by atoms with Crippen LogP contribution in [0.1, 0.15) is 15.9 Å². The fraction of sp³-hybridized carbons (Fsp3) is 0.0769. The highest BCUT2D eigenvalue weighted by Gasteiger charge is 2.12. The Morgan fingerprint density at radius 1 is 1.05 bits per heavy atom. The fourth-order valence-corrected chi connectivity index (χ4v) is 1.55. The number of carbonyl (C=O) groups excluding carboxylic acids is 1. The van der Waals surface area contributed by atoms with Crippen LogP contribution >= 0.6 is 0 Å². The summed E-state index contributed by atoms with van der Waals surface area (Å²) in [6.07, 6.45) is 3.55. The first-order chi connectivity index (χ1) is 8.58. The Kier molecular flexibility index (Phi) is 5.11. The van der Waals surface area contributed by atoms with Crippen molar-refractivity contribution < 1.29 is 38.3 Å². The molecule has 0 bridgehead atoms. The van der Waals surface area contributed by atoms with Gasteiger partial charge in [0.2, 0.25) is 0 Å². The Hall–Kier alpha value is -1.83. The number of halogens is 1. The molecule has 98 valence electrons. The Labute approximate surface area is 127 Å². The highest BCUT2D eigenvalue weighted by Crippen LogP contribution is 2.14. The lowest BCUT2D eigenvalue weighted by Gasteiger charge is -1.99. The summed E-state index contributed by atoms with van der Waals surface area (Å²) in [5, 5.41) is 10.5. The van der Waals surface area contributed by atoms with E-state index in [1.165, 1.54) is 24.3 Å². The van der Waals surface area contributed by atoms with E-state index in [1.807, 2.05) is 11.6 Å². The third kappa shape index (κ3) is 3.57. The largest absolute Gasteiger partial charge is 1.00 e. The Balaban J connectivity index is 0.00000180. The van der Waals surface area contributed by atoms with E-state index in [0.29, 0.717) is 11.1 Å². The SMILES string of the molecule is C[n+]1ccc(C(=O)c2ccc([N+](=O)[O-])cc2)cc1.[I-]. The molecule has 0 fully saturated rings. The number of hydrogen-bond acceptors (Lipinski definition) is 3. The molecular formula is C13H11IN2O3. The number of ketones is 1. The molecule has 0 aliphatic rings. The van der Waals surface area contributed by atoms with Gasteiger partial charge < -0.3 is 24.0 Å². The van der Waals surface area contributed by atoms with Crippen molar-refractivity contribution in [2.24, 2.45) is 7.05 Å². The Morgan fingerprint density at radius 2 is 1.53 bits per heavy atom. The summed E-state index contributed by atoms with van der Waals surface area (Å²) in [6.45, 7) is 0. The summed E-state index contributed by atoms with van der Waals surface area (Å²) in [5.74, 6) is -0.148. The molecule has 0 aliphatic heterocycles. The number of nitro groups is 1. The average Bonchev–Trinajstić information content (AvgIpc) is 2.39. The number of benzene rings is 1. The number of carbonyl (C=O) groups is 1. The van der Waals surface area contributed by atoms with Crippen molar-refractivity contribution in [1.82, 2.24) is 0 Å². The molecule has 0 saturated heterocycles. The quantitative estimate of drug-likeness (QED) is 0.221. The maximum absolute atomic E-state index is 12.1. The minimum atomic E-state index is -0.489. The van der Waals surface area contributed by atoms with E-state index in [4.69, 9.17) is 0 Å². The van der Waals surface area contributed by atoms with E-state index in [-0.39, 0.29) is 35.4 Å². The van der Waals surface area contributed by atoms with Crippen LogP contribution in [0, 0.1) is 10.1 Å². The third-order valence-corrected chi connectivity index (χ3v) is 2.58. The lowest BCUT2D eigenvalue weighted by atomic mass is 10.0. The molecule has 2 rings (SSSR count). The number of hydrogen-bond donors (Lipinski definition) is 0. The smallest absolute Gasteiger partial charge is 0.269 e. The fourth-order valence-electron chi connectivity index (χ4n) is 1.55. The van der Waals surface area contributed by atoms with Crippen molar-refractivity contribution in [3.63, 3.8) is 0 Å². The maximum Gasteiger partial charge on any atom is 0.269 e. The molecule has 19 heavy (non-hydrogen) atoms. The van der Waals surface area contributed by atoms with E-state index in [0.717, 1.165) is 0 Å². The molecular weight excluding hydrogens is 359 g/mol. The van der Waals surface area contributed by atoms with Crippen molar-refractivity contribution in [3.8, 4) is 0 Å². The number of nitro benzene ring substituents is 1. The van der Waals surface area contributed by atoms with Gasteiger partial charge in [0.25, 0.3) is 5.69 Å². The van der Waals surface area contributed by atoms with Crippen molar-refractivity contribution in [2.75, 3.05) is 0 Å². The van der Waals surface area contributed by atoms with E-state index >= 15 is 0 Å². The molecule has 0 amide bonds. The zero-order valence-electron chi connectivity index (χ0n) is 10.1. The molecule has 1 heterocycles. The number of nitrogens with zero attached hydrogens (tertiary/aromatic N) is 2. The lowest BCUT2D eigenvalue weighted by molar-refractivity contribution is -0.671. The second kappa shape index (κ2) is 6.37. The molecule has 1 aromatic heterocycles. The predicted molar refractivity (Wildman–Crippen MR) is 64.1 cm³/mol. The van der Waals surface area contributed by atoms with Crippen LogP contribution in [0.15, 0.2) is 48.8 Å². The molecule has 6 heteroatoms. The van der Waals surface area contributed by atoms with E-state index < -0.39 is 4.92 Å². The first kappa shape index (κ1) is 15.2. The standard InChI is InChI=1S/C13H11N2O3.HI/c1-14-8-6-11(7-9-14)13(16)10-2-4-12(5-3-10)15(17)18;/h2-9H,1H3;1H/q+1;/p-1. The average molecular weight is 370 g/mol. The zero-order valence-corrected chi connectivity index (χ0v) is 12.3. The van der Waals surface area contributed by atoms with E-state index in [9.17, 15) is 14.9 Å². The zero-order chi connectivity index (χ0) is 13.1. The van der Waals surface area contributed by atoms with Crippen LogP contribution in [-0.2, 0) is 7.05 Å². The monoisotopic (exact) mass is 370 g/mol. The maximum atomic E-state index is 12.1. The third-order valence-electron chi connectivity index (χ3n) is 2.58. The van der Waals surface area contributed by atoms with Crippen LogP contribution in [0.4, 0.5) is 5.69 Å². The molecule has 0 radical (unpaired) electrons. The Morgan fingerprint density at radius 3 is 2.00 bits per heavy atom. The second-order valence-corrected chi connectivity index (χ2v) is 3.89. The molecule has 1 aromatic carbocycles. The van der Waals surface area contributed by atoms with Crippen molar-refractivity contribution in [3.05, 3.63) is 70.0 Å². The summed E-state index contributed by atoms with van der Waals surface area (Å²) in [6, 6.07) is 9.01. The van der Waals surface area contributed by atoms with E-state index in [1.54, 1.807) is 24.5 Å². The summed E-state index contributed by atoms with van der Waals surface area (Å²) in [7, 11) is 1.86. The first-order valence-electron chi connectivity index (χ1n) is 5.32. The van der Waals surface area contributed by atoms with Crippen LogP contribution in [-0.4, -0.2) is 10.7 Å². The summed E-state index contributed by atoms with van der Waals surface area (Å²) < 4.78 is 1.83. The normalized spacial score (nSPS) is 9.53. The number of rotatable bonds is 3. The number of aryl methyl sites for hydroxylation is 1. The van der Waals surface area contributed by atoms with Gasteiger partial charge in [-0.1, -0.05) is 0 Å². The van der Waals surface area contributed by atoms with Gasteiger partial charge in [-0.15, -0.1) is 0 Å². The minimum Gasteiger partial charge on any atom is -1.00 e. The van der Waals surface area contributed by atoms with Gasteiger partial charge in [0.05, 0.1) is 4.92 Å². The van der Waals surface area contributed by atoms with Crippen LogP contribution in [0.2, 0.25) is 0 Å². The summed E-state index contributed by atoms with van der Waals surface area (Å²) in [4.78, 5) is 22.1. The van der Waals surface area contributed by atoms with Gasteiger partial charge in [0.1, 0.15) is 7.05 Å². The van der Waals surface area contributed by atoms with Gasteiger partial charge in [-0.25, -0.2) is 4.57 Å². The van der Waals surface area contributed by atoms with Gasteiger partial charge in [0.15, 0.2) is 18.2 Å². The number of aromatic nitrogens is 1. The van der Waals surface area contributed by atoms with Crippen LogP contribution in [0.5, 0.6) is 0 Å². The number of pyridine rings is 1. The molecule has 5 nitrogen and oxygen atoms in total. The molecule has 0 saturated carbocycles. The van der Waals surface area contributed by atoms with Crippen LogP contribution in [0.3, 0.4) is 0 Å². The van der Waals surface area contributed by atoms with Crippen LogP contribution in [0.25, 0.3) is 0 Å². The highest BCUT2D eigenvalue weighted by molar-refractivity contribution is 6.08. The van der Waals surface area contributed by atoms with Gasteiger partial charge in [-0.3, -0.25) is 14.9 Å². The molecule has 0 unspecified atom stereocenters. The summed E-state index contributed by atoms with van der Waals surface area (Å²) >= 11 is 0. The molecule has 0 N–H and O–H groups in total. The van der Waals surface area contributed by atoms with E-state index in [2.05, 4.69) is 0 Å². The summed E-state index contributed by atoms with van der Waals surface area (Å²) in [5.41, 5.74) is 0.974. The van der Waals surface area contributed by atoms with Crippen LogP contribution < -0.4 is 28.5 Å². The lowest BCUT2D eigenvalue weighted by Crippen LogP contribution is -3.00. The first-order valence-corrected chi connectivity index (χ1v) is 5.32. The van der Waals surface area contributed by atoms with Gasteiger partial charge in [-0.2, -0.15) is 0 Å². The molecule has 2 aromatic rings. The topological polar surface area (TPSA) is 64.1 Å². The van der Waals surface area contributed by atoms with Gasteiger partial charge in [0, 0.05) is 35.4 Å². The van der Waals surface area contributed by atoms with Gasteiger partial charge >= 0.3 is 0 Å². The van der Waals surface area contributed by atoms with Crippen molar-refractivity contribution in [1.29, 1.82) is 0 Å². The van der Waals surface area contributed by atoms with Crippen molar-refractivity contribution >= 4 is 11.5 Å². The Bertz CT molecular complexity index is 594.